The van der Waals surface area contributed by atoms with Gasteiger partial charge in [0.15, 0.2) is 0 Å². The molecule has 1 unspecified atom stereocenters. The molecular formula is C11H11FO. The van der Waals surface area contributed by atoms with Crippen LogP contribution in [0.5, 0.6) is 0 Å². The van der Waals surface area contributed by atoms with Crippen LogP contribution >= 0.6 is 0 Å². The molecule has 0 radical (unpaired) electrons. The molecule has 1 aliphatic carbocycles. The minimum Gasteiger partial charge on any atom is -0.300 e. The molecule has 0 bridgehead atoms. The fraction of sp³-hybridized carbons (Fsp3) is 0.364. The van der Waals surface area contributed by atoms with Crippen LogP contribution in [0.3, 0.4) is 0 Å². The molecule has 1 aromatic rings. The lowest BCUT2D eigenvalue weighted by Gasteiger charge is -2.08. The largest absolute Gasteiger partial charge is 0.300 e. The van der Waals surface area contributed by atoms with Crippen molar-refractivity contribution in [3.8, 4) is 0 Å². The van der Waals surface area contributed by atoms with Crippen LogP contribution in [0.25, 0.3) is 0 Å². The number of Topliss-reactive ketones (excluding diaryl/α,β-unsaturated/α-hetero) is 1. The highest BCUT2D eigenvalue weighted by Crippen LogP contribution is 2.33. The number of carbonyl (C=O) groups is 1. The molecule has 0 saturated heterocycles. The zero-order chi connectivity index (χ0) is 9.26. The van der Waals surface area contributed by atoms with Gasteiger partial charge in [-0.15, -0.1) is 0 Å². The van der Waals surface area contributed by atoms with E-state index in [-0.39, 0.29) is 17.5 Å². The first kappa shape index (κ1) is 8.42. The van der Waals surface area contributed by atoms with E-state index in [2.05, 4.69) is 0 Å². The number of ketones is 1. The number of carbonyl (C=O) groups excluding carboxylic acids is 1. The Hall–Kier alpha value is -1.18. The third kappa shape index (κ3) is 1.62. The van der Waals surface area contributed by atoms with Crippen LogP contribution in [0.1, 0.15) is 30.7 Å². The Morgan fingerprint density at radius 3 is 2.69 bits per heavy atom. The van der Waals surface area contributed by atoms with Crippen molar-refractivity contribution >= 4 is 5.78 Å². The van der Waals surface area contributed by atoms with E-state index in [0.717, 1.165) is 6.42 Å². The summed E-state index contributed by atoms with van der Waals surface area (Å²) in [5.41, 5.74) is 0.702. The first-order valence-electron chi connectivity index (χ1n) is 4.53. The van der Waals surface area contributed by atoms with Crippen molar-refractivity contribution in [2.24, 2.45) is 0 Å². The summed E-state index contributed by atoms with van der Waals surface area (Å²) in [7, 11) is 0. The van der Waals surface area contributed by atoms with Gasteiger partial charge >= 0.3 is 0 Å². The van der Waals surface area contributed by atoms with E-state index < -0.39 is 0 Å². The summed E-state index contributed by atoms with van der Waals surface area (Å²) in [4.78, 5) is 11.0. The number of hydrogen-bond donors (Lipinski definition) is 0. The van der Waals surface area contributed by atoms with Crippen molar-refractivity contribution in [1.82, 2.24) is 0 Å². The highest BCUT2D eigenvalue weighted by atomic mass is 19.1. The second-order valence-electron chi connectivity index (χ2n) is 3.50. The topological polar surface area (TPSA) is 17.1 Å². The third-order valence-electron chi connectivity index (χ3n) is 2.59. The summed E-state index contributed by atoms with van der Waals surface area (Å²) >= 11 is 0. The van der Waals surface area contributed by atoms with Gasteiger partial charge in [0.2, 0.25) is 0 Å². The average Bonchev–Trinajstić information content (AvgIpc) is 2.53. The molecule has 0 aliphatic heterocycles. The first-order chi connectivity index (χ1) is 6.27. The van der Waals surface area contributed by atoms with Gasteiger partial charge in [0.05, 0.1) is 0 Å². The van der Waals surface area contributed by atoms with Gasteiger partial charge in [0, 0.05) is 12.8 Å². The Morgan fingerprint density at radius 1 is 1.31 bits per heavy atom. The second-order valence-corrected chi connectivity index (χ2v) is 3.50. The normalized spacial score (nSPS) is 22.2. The smallest absolute Gasteiger partial charge is 0.133 e. The maximum Gasteiger partial charge on any atom is 0.133 e. The zero-order valence-corrected chi connectivity index (χ0v) is 7.29. The minimum atomic E-state index is -0.179. The molecule has 1 aromatic carbocycles. The number of hydrogen-bond acceptors (Lipinski definition) is 1. The lowest BCUT2D eigenvalue weighted by molar-refractivity contribution is -0.117. The molecule has 0 amide bonds. The van der Waals surface area contributed by atoms with Gasteiger partial charge < -0.3 is 0 Å². The van der Waals surface area contributed by atoms with Gasteiger partial charge in [-0.1, -0.05) is 18.2 Å². The zero-order valence-electron chi connectivity index (χ0n) is 7.29. The van der Waals surface area contributed by atoms with Gasteiger partial charge in [-0.25, -0.2) is 4.39 Å². The molecule has 0 heterocycles. The van der Waals surface area contributed by atoms with E-state index in [1.807, 2.05) is 6.07 Å². The highest BCUT2D eigenvalue weighted by Gasteiger charge is 2.25. The molecule has 1 aliphatic rings. The van der Waals surface area contributed by atoms with Gasteiger partial charge in [-0.2, -0.15) is 0 Å². The predicted octanol–water partition coefficient (Wildman–Crippen LogP) is 2.66. The van der Waals surface area contributed by atoms with Gasteiger partial charge in [0.1, 0.15) is 11.6 Å². The molecule has 2 rings (SSSR count). The predicted molar refractivity (Wildman–Crippen MR) is 48.0 cm³/mol. The molecule has 0 spiro atoms. The van der Waals surface area contributed by atoms with Crippen LogP contribution in [0, 0.1) is 5.82 Å². The van der Waals surface area contributed by atoms with Crippen LogP contribution in [0.15, 0.2) is 24.3 Å². The average molecular weight is 178 g/mol. The monoisotopic (exact) mass is 178 g/mol. The standard InChI is InChI=1S/C11H11FO/c12-11-4-2-1-3-10(11)8-5-6-9(13)7-8/h1-4,8H,5-7H2. The fourth-order valence-electron chi connectivity index (χ4n) is 1.89. The maximum atomic E-state index is 13.3. The van der Waals surface area contributed by atoms with Gasteiger partial charge in [-0.05, 0) is 24.0 Å². The highest BCUT2D eigenvalue weighted by molar-refractivity contribution is 5.81. The number of benzene rings is 1. The van der Waals surface area contributed by atoms with Crippen molar-refractivity contribution in [3.05, 3.63) is 35.6 Å². The summed E-state index contributed by atoms with van der Waals surface area (Å²) in [5.74, 6) is 0.198. The Balaban J connectivity index is 2.26. The van der Waals surface area contributed by atoms with Crippen molar-refractivity contribution in [1.29, 1.82) is 0 Å². The molecule has 0 N–H and O–H groups in total. The summed E-state index contributed by atoms with van der Waals surface area (Å²) < 4.78 is 13.3. The molecule has 0 aromatic heterocycles. The molecule has 13 heavy (non-hydrogen) atoms. The molecule has 1 fully saturated rings. The number of halogens is 1. The van der Waals surface area contributed by atoms with E-state index in [9.17, 15) is 9.18 Å². The Labute approximate surface area is 76.6 Å². The van der Waals surface area contributed by atoms with Crippen LogP contribution in [0.4, 0.5) is 4.39 Å². The van der Waals surface area contributed by atoms with Crippen LogP contribution in [0.2, 0.25) is 0 Å². The Bertz CT molecular complexity index is 333. The van der Waals surface area contributed by atoms with Crippen molar-refractivity contribution in [3.63, 3.8) is 0 Å². The number of rotatable bonds is 1. The maximum absolute atomic E-state index is 13.3. The van der Waals surface area contributed by atoms with E-state index >= 15 is 0 Å². The first-order valence-corrected chi connectivity index (χ1v) is 4.53. The van der Waals surface area contributed by atoms with Gasteiger partial charge in [-0.3, -0.25) is 4.79 Å². The van der Waals surface area contributed by atoms with Crippen LogP contribution < -0.4 is 0 Å². The molecule has 1 atom stereocenters. The molecule has 68 valence electrons. The quantitative estimate of drug-likeness (QED) is 0.646. The van der Waals surface area contributed by atoms with Gasteiger partial charge in [0.25, 0.3) is 0 Å². The fourth-order valence-corrected chi connectivity index (χ4v) is 1.89. The van der Waals surface area contributed by atoms with Crippen LogP contribution in [-0.4, -0.2) is 5.78 Å². The van der Waals surface area contributed by atoms with Crippen LogP contribution in [-0.2, 0) is 4.79 Å². The minimum absolute atomic E-state index is 0.119. The summed E-state index contributed by atoms with van der Waals surface area (Å²) in [6.07, 6.45) is 1.93. The van der Waals surface area contributed by atoms with E-state index in [1.54, 1.807) is 12.1 Å². The lowest BCUT2D eigenvalue weighted by atomic mass is 9.97. The van der Waals surface area contributed by atoms with Crippen molar-refractivity contribution < 1.29 is 9.18 Å². The van der Waals surface area contributed by atoms with E-state index in [1.165, 1.54) is 6.07 Å². The molecular weight excluding hydrogens is 167 g/mol. The summed E-state index contributed by atoms with van der Waals surface area (Å²) in [6, 6.07) is 6.73. The van der Waals surface area contributed by atoms with E-state index in [4.69, 9.17) is 0 Å². The lowest BCUT2D eigenvalue weighted by Crippen LogP contribution is -1.97. The molecule has 1 saturated carbocycles. The molecule has 1 nitrogen and oxygen atoms in total. The Kier molecular flexibility index (Phi) is 2.13. The third-order valence-corrected chi connectivity index (χ3v) is 2.59. The summed E-state index contributed by atoms with van der Waals surface area (Å²) in [5, 5.41) is 0. The van der Waals surface area contributed by atoms with Crippen molar-refractivity contribution in [2.75, 3.05) is 0 Å². The van der Waals surface area contributed by atoms with Crippen molar-refractivity contribution in [2.45, 2.75) is 25.2 Å². The molecule has 2 heteroatoms. The SMILES string of the molecule is O=C1CCC(c2ccccc2F)C1. The Morgan fingerprint density at radius 2 is 2.08 bits per heavy atom. The second kappa shape index (κ2) is 3.29. The van der Waals surface area contributed by atoms with E-state index in [0.29, 0.717) is 18.4 Å². The summed E-state index contributed by atoms with van der Waals surface area (Å²) in [6.45, 7) is 0.